The quantitative estimate of drug-likeness (QED) is 0.914. The third-order valence-electron chi connectivity index (χ3n) is 2.88. The van der Waals surface area contributed by atoms with Crippen LogP contribution in [0, 0.1) is 0 Å². The van der Waals surface area contributed by atoms with Crippen molar-refractivity contribution in [2.24, 2.45) is 5.73 Å². The zero-order chi connectivity index (χ0) is 16.3. The highest BCUT2D eigenvalue weighted by molar-refractivity contribution is 6.05. The highest BCUT2D eigenvalue weighted by atomic mass is 19.4. The van der Waals surface area contributed by atoms with Gasteiger partial charge in [0, 0.05) is 16.8 Å². The molecule has 0 atom stereocenters. The van der Waals surface area contributed by atoms with Crippen LogP contribution in [-0.2, 0) is 6.18 Å². The van der Waals surface area contributed by atoms with Gasteiger partial charge < -0.3 is 11.1 Å². The van der Waals surface area contributed by atoms with Crippen LogP contribution in [0.4, 0.5) is 18.9 Å². The van der Waals surface area contributed by atoms with Gasteiger partial charge in [0.05, 0.1) is 5.56 Å². The van der Waals surface area contributed by atoms with Crippen LogP contribution in [-0.4, -0.2) is 11.8 Å². The molecule has 2 amide bonds. The Bertz CT molecular complexity index is 709. The molecule has 0 aliphatic heterocycles. The molecule has 114 valence electrons. The topological polar surface area (TPSA) is 72.2 Å². The summed E-state index contributed by atoms with van der Waals surface area (Å²) < 4.78 is 37.8. The first-order valence-corrected chi connectivity index (χ1v) is 6.16. The average Bonchev–Trinajstić information content (AvgIpc) is 2.46. The summed E-state index contributed by atoms with van der Waals surface area (Å²) in [5, 5.41) is 2.36. The van der Waals surface area contributed by atoms with Crippen molar-refractivity contribution in [3.05, 3.63) is 65.2 Å². The average molecular weight is 308 g/mol. The van der Waals surface area contributed by atoms with E-state index in [0.29, 0.717) is 0 Å². The molecule has 2 rings (SSSR count). The van der Waals surface area contributed by atoms with Gasteiger partial charge in [-0.15, -0.1) is 0 Å². The molecule has 0 heterocycles. The molecule has 2 aromatic rings. The monoisotopic (exact) mass is 308 g/mol. The first kappa shape index (κ1) is 15.6. The Hall–Kier alpha value is -2.83. The maximum absolute atomic E-state index is 12.6. The summed E-state index contributed by atoms with van der Waals surface area (Å²) in [4.78, 5) is 22.9. The van der Waals surface area contributed by atoms with Crippen molar-refractivity contribution in [1.82, 2.24) is 0 Å². The van der Waals surface area contributed by atoms with Crippen LogP contribution in [0.3, 0.4) is 0 Å². The van der Waals surface area contributed by atoms with E-state index in [1.807, 2.05) is 0 Å². The van der Waals surface area contributed by atoms with Gasteiger partial charge in [-0.2, -0.15) is 13.2 Å². The Balaban J connectivity index is 2.17. The van der Waals surface area contributed by atoms with Crippen LogP contribution in [0.15, 0.2) is 48.5 Å². The van der Waals surface area contributed by atoms with Gasteiger partial charge in [0.1, 0.15) is 0 Å². The Kier molecular flexibility index (Phi) is 4.16. The predicted molar refractivity (Wildman–Crippen MR) is 74.4 cm³/mol. The van der Waals surface area contributed by atoms with E-state index in [9.17, 15) is 22.8 Å². The Morgan fingerprint density at radius 3 is 2.09 bits per heavy atom. The molecular formula is C15H11F3N2O2. The highest BCUT2D eigenvalue weighted by Crippen LogP contribution is 2.30. The second-order valence-corrected chi connectivity index (χ2v) is 4.47. The molecule has 3 N–H and O–H groups in total. The Labute approximate surface area is 123 Å². The molecule has 0 spiro atoms. The SMILES string of the molecule is NC(=O)c1ccc(C(=O)Nc2cccc(C(F)(F)F)c2)cc1. The van der Waals surface area contributed by atoms with E-state index < -0.39 is 23.6 Å². The minimum atomic E-state index is -4.48. The van der Waals surface area contributed by atoms with Gasteiger partial charge in [0.25, 0.3) is 5.91 Å². The number of amides is 2. The van der Waals surface area contributed by atoms with Crippen molar-refractivity contribution < 1.29 is 22.8 Å². The number of carbonyl (C=O) groups is 2. The van der Waals surface area contributed by atoms with Crippen LogP contribution in [0.5, 0.6) is 0 Å². The van der Waals surface area contributed by atoms with Gasteiger partial charge in [-0.25, -0.2) is 0 Å². The van der Waals surface area contributed by atoms with Crippen LogP contribution < -0.4 is 11.1 Å². The van der Waals surface area contributed by atoms with Crippen LogP contribution in [0.25, 0.3) is 0 Å². The maximum atomic E-state index is 12.6. The Morgan fingerprint density at radius 2 is 1.55 bits per heavy atom. The molecule has 7 heteroatoms. The largest absolute Gasteiger partial charge is 0.416 e. The fourth-order valence-electron chi connectivity index (χ4n) is 1.76. The number of alkyl halides is 3. The van der Waals surface area contributed by atoms with Gasteiger partial charge >= 0.3 is 6.18 Å². The van der Waals surface area contributed by atoms with Crippen molar-refractivity contribution in [2.75, 3.05) is 5.32 Å². The number of nitrogens with one attached hydrogen (secondary N) is 1. The lowest BCUT2D eigenvalue weighted by atomic mass is 10.1. The molecule has 0 unspecified atom stereocenters. The van der Waals surface area contributed by atoms with Crippen molar-refractivity contribution >= 4 is 17.5 Å². The lowest BCUT2D eigenvalue weighted by molar-refractivity contribution is -0.137. The first-order valence-electron chi connectivity index (χ1n) is 6.16. The standard InChI is InChI=1S/C15H11F3N2O2/c16-15(17,18)11-2-1-3-12(8-11)20-14(22)10-6-4-9(5-7-10)13(19)21/h1-8H,(H2,19,21)(H,20,22). The van der Waals surface area contributed by atoms with Gasteiger partial charge in [0.15, 0.2) is 0 Å². The summed E-state index contributed by atoms with van der Waals surface area (Å²) in [6.07, 6.45) is -4.48. The summed E-state index contributed by atoms with van der Waals surface area (Å²) in [6.45, 7) is 0. The van der Waals surface area contributed by atoms with Gasteiger partial charge in [-0.05, 0) is 42.5 Å². The van der Waals surface area contributed by atoms with Crippen LogP contribution >= 0.6 is 0 Å². The van der Waals surface area contributed by atoms with Crippen LogP contribution in [0.1, 0.15) is 26.3 Å². The highest BCUT2D eigenvalue weighted by Gasteiger charge is 2.30. The lowest BCUT2D eigenvalue weighted by Gasteiger charge is -2.10. The molecule has 2 aromatic carbocycles. The molecule has 0 saturated heterocycles. The summed E-state index contributed by atoms with van der Waals surface area (Å²) in [7, 11) is 0. The molecule has 22 heavy (non-hydrogen) atoms. The molecule has 0 saturated carbocycles. The fourth-order valence-corrected chi connectivity index (χ4v) is 1.76. The van der Waals surface area contributed by atoms with E-state index >= 15 is 0 Å². The Morgan fingerprint density at radius 1 is 0.955 bits per heavy atom. The second-order valence-electron chi connectivity index (χ2n) is 4.47. The van der Waals surface area contributed by atoms with Crippen molar-refractivity contribution in [3.63, 3.8) is 0 Å². The number of halogens is 3. The van der Waals surface area contributed by atoms with Crippen molar-refractivity contribution in [1.29, 1.82) is 0 Å². The maximum Gasteiger partial charge on any atom is 0.416 e. The minimum absolute atomic E-state index is 0.0267. The van der Waals surface area contributed by atoms with E-state index in [2.05, 4.69) is 5.32 Å². The molecular weight excluding hydrogens is 297 g/mol. The number of rotatable bonds is 3. The summed E-state index contributed by atoms with van der Waals surface area (Å²) >= 11 is 0. The number of benzene rings is 2. The van der Waals surface area contributed by atoms with E-state index in [-0.39, 0.29) is 16.8 Å². The molecule has 0 fully saturated rings. The molecule has 0 aromatic heterocycles. The van der Waals surface area contributed by atoms with Crippen molar-refractivity contribution in [2.45, 2.75) is 6.18 Å². The molecule has 0 aliphatic rings. The molecule has 0 radical (unpaired) electrons. The third-order valence-corrected chi connectivity index (χ3v) is 2.88. The molecule has 0 aliphatic carbocycles. The third kappa shape index (κ3) is 3.63. The minimum Gasteiger partial charge on any atom is -0.366 e. The van der Waals surface area contributed by atoms with E-state index in [1.165, 1.54) is 36.4 Å². The number of carbonyl (C=O) groups excluding carboxylic acids is 2. The smallest absolute Gasteiger partial charge is 0.366 e. The normalized spacial score (nSPS) is 11.0. The zero-order valence-electron chi connectivity index (χ0n) is 11.1. The number of nitrogens with two attached hydrogens (primary N) is 1. The molecule has 4 nitrogen and oxygen atoms in total. The zero-order valence-corrected chi connectivity index (χ0v) is 11.1. The number of hydrogen-bond acceptors (Lipinski definition) is 2. The fraction of sp³-hybridized carbons (Fsp3) is 0.0667. The van der Waals surface area contributed by atoms with E-state index in [0.717, 1.165) is 12.1 Å². The number of primary amides is 1. The number of anilines is 1. The van der Waals surface area contributed by atoms with E-state index in [1.54, 1.807) is 0 Å². The molecule has 0 bridgehead atoms. The summed E-state index contributed by atoms with van der Waals surface area (Å²) in [6, 6.07) is 9.77. The van der Waals surface area contributed by atoms with Crippen molar-refractivity contribution in [3.8, 4) is 0 Å². The van der Waals surface area contributed by atoms with E-state index in [4.69, 9.17) is 5.73 Å². The second kappa shape index (κ2) is 5.88. The van der Waals surface area contributed by atoms with Gasteiger partial charge in [-0.3, -0.25) is 9.59 Å². The van der Waals surface area contributed by atoms with Gasteiger partial charge in [-0.1, -0.05) is 6.07 Å². The number of hydrogen-bond donors (Lipinski definition) is 2. The van der Waals surface area contributed by atoms with Gasteiger partial charge in [0.2, 0.25) is 5.91 Å². The predicted octanol–water partition coefficient (Wildman–Crippen LogP) is 3.06. The lowest BCUT2D eigenvalue weighted by Crippen LogP contribution is -2.14. The van der Waals surface area contributed by atoms with Crippen LogP contribution in [0.2, 0.25) is 0 Å². The summed E-state index contributed by atoms with van der Waals surface area (Å²) in [5.74, 6) is -1.22. The summed E-state index contributed by atoms with van der Waals surface area (Å²) in [5.41, 5.74) is 4.68. The first-order chi connectivity index (χ1) is 10.3.